The average molecular weight is 405 g/mol. The van der Waals surface area contributed by atoms with Crippen LogP contribution in [0.15, 0.2) is 60.7 Å². The molecule has 0 aliphatic heterocycles. The van der Waals surface area contributed by atoms with Crippen LogP contribution in [0.4, 0.5) is 0 Å². The number of methoxy groups -OCH3 is 2. The summed E-state index contributed by atoms with van der Waals surface area (Å²) in [6, 6.07) is 20.4. The molecule has 0 amide bonds. The fourth-order valence-electron chi connectivity index (χ4n) is 3.58. The molecule has 0 saturated heterocycles. The van der Waals surface area contributed by atoms with Crippen LogP contribution in [-0.4, -0.2) is 20.2 Å². The van der Waals surface area contributed by atoms with Gasteiger partial charge in [0.25, 0.3) is 0 Å². The number of ether oxygens (including phenoxy) is 3. The lowest BCUT2D eigenvalue weighted by atomic mass is 9.94. The summed E-state index contributed by atoms with van der Waals surface area (Å²) in [6.45, 7) is 4.67. The first kappa shape index (κ1) is 21.4. The number of carbonyl (C=O) groups excluding carboxylic acids is 1. The molecule has 0 saturated carbocycles. The number of aryl methyl sites for hydroxylation is 3. The van der Waals surface area contributed by atoms with Crippen molar-refractivity contribution < 1.29 is 19.0 Å². The second-order valence-electron chi connectivity index (χ2n) is 7.30. The van der Waals surface area contributed by atoms with E-state index >= 15 is 0 Å². The molecule has 0 aliphatic rings. The van der Waals surface area contributed by atoms with Crippen LogP contribution in [0.1, 0.15) is 28.7 Å². The second kappa shape index (κ2) is 9.97. The topological polar surface area (TPSA) is 44.8 Å². The van der Waals surface area contributed by atoms with E-state index in [-0.39, 0.29) is 5.97 Å². The lowest BCUT2D eigenvalue weighted by Crippen LogP contribution is -2.02. The van der Waals surface area contributed by atoms with Crippen molar-refractivity contribution in [3.05, 3.63) is 82.9 Å². The zero-order valence-corrected chi connectivity index (χ0v) is 18.0. The zero-order chi connectivity index (χ0) is 21.5. The van der Waals surface area contributed by atoms with Crippen LogP contribution >= 0.6 is 0 Å². The van der Waals surface area contributed by atoms with Crippen LogP contribution in [0.25, 0.3) is 11.1 Å². The fourth-order valence-corrected chi connectivity index (χ4v) is 3.58. The van der Waals surface area contributed by atoms with Crippen LogP contribution in [-0.2, 0) is 22.6 Å². The van der Waals surface area contributed by atoms with E-state index in [1.54, 1.807) is 7.11 Å². The predicted octanol–water partition coefficient (Wildman–Crippen LogP) is 5.66. The van der Waals surface area contributed by atoms with Crippen molar-refractivity contribution in [3.8, 4) is 22.6 Å². The number of carbonyl (C=O) groups is 1. The molecule has 0 unspecified atom stereocenters. The highest BCUT2D eigenvalue weighted by molar-refractivity contribution is 5.72. The van der Waals surface area contributed by atoms with Gasteiger partial charge in [-0.05, 0) is 72.4 Å². The molecule has 0 atom stereocenters. The van der Waals surface area contributed by atoms with Crippen molar-refractivity contribution in [1.29, 1.82) is 0 Å². The van der Waals surface area contributed by atoms with Gasteiger partial charge in [-0.3, -0.25) is 4.79 Å². The Morgan fingerprint density at radius 2 is 1.60 bits per heavy atom. The summed E-state index contributed by atoms with van der Waals surface area (Å²) in [6.07, 6.45) is 1.03. The lowest BCUT2D eigenvalue weighted by Gasteiger charge is -2.15. The molecule has 0 spiro atoms. The first-order chi connectivity index (χ1) is 14.5. The molecule has 0 radical (unpaired) electrons. The molecule has 4 nitrogen and oxygen atoms in total. The molecule has 0 N–H and O–H groups in total. The van der Waals surface area contributed by atoms with Crippen LogP contribution in [0.5, 0.6) is 11.5 Å². The minimum atomic E-state index is -0.203. The van der Waals surface area contributed by atoms with Crippen LogP contribution < -0.4 is 9.47 Å². The van der Waals surface area contributed by atoms with Gasteiger partial charge in [-0.15, -0.1) is 0 Å². The summed E-state index contributed by atoms with van der Waals surface area (Å²) < 4.78 is 16.2. The summed E-state index contributed by atoms with van der Waals surface area (Å²) in [5, 5.41) is 0. The van der Waals surface area contributed by atoms with E-state index in [1.165, 1.54) is 23.8 Å². The van der Waals surface area contributed by atoms with Gasteiger partial charge in [0, 0.05) is 12.0 Å². The number of hydrogen-bond donors (Lipinski definition) is 0. The van der Waals surface area contributed by atoms with Crippen LogP contribution in [0, 0.1) is 13.8 Å². The van der Waals surface area contributed by atoms with Gasteiger partial charge < -0.3 is 14.2 Å². The van der Waals surface area contributed by atoms with Crippen molar-refractivity contribution in [1.82, 2.24) is 0 Å². The third-order valence-corrected chi connectivity index (χ3v) is 5.21. The molecule has 30 heavy (non-hydrogen) atoms. The van der Waals surface area contributed by atoms with E-state index < -0.39 is 0 Å². The Balaban J connectivity index is 1.74. The zero-order valence-electron chi connectivity index (χ0n) is 18.0. The molecule has 0 aromatic heterocycles. The molecule has 3 aromatic rings. The maximum atomic E-state index is 11.3. The third kappa shape index (κ3) is 5.20. The monoisotopic (exact) mass is 404 g/mol. The van der Waals surface area contributed by atoms with Gasteiger partial charge >= 0.3 is 5.97 Å². The van der Waals surface area contributed by atoms with Crippen LogP contribution in [0.2, 0.25) is 0 Å². The maximum absolute atomic E-state index is 11.3. The van der Waals surface area contributed by atoms with E-state index in [2.05, 4.69) is 48.9 Å². The SMILES string of the molecule is COC(=O)CCc1ccc(OCc2cc(-c3c(C)cccc3C)ccc2OC)cc1. The number of benzene rings is 3. The lowest BCUT2D eigenvalue weighted by molar-refractivity contribution is -0.140. The quantitative estimate of drug-likeness (QED) is 0.454. The first-order valence-electron chi connectivity index (χ1n) is 10.0. The largest absolute Gasteiger partial charge is 0.496 e. The second-order valence-corrected chi connectivity index (χ2v) is 7.30. The minimum Gasteiger partial charge on any atom is -0.496 e. The predicted molar refractivity (Wildman–Crippen MR) is 119 cm³/mol. The van der Waals surface area contributed by atoms with Gasteiger partial charge in [-0.1, -0.05) is 36.4 Å². The number of esters is 1. The smallest absolute Gasteiger partial charge is 0.305 e. The summed E-state index contributed by atoms with van der Waals surface area (Å²) in [5.41, 5.74) is 6.96. The average Bonchev–Trinajstić information content (AvgIpc) is 2.76. The normalized spacial score (nSPS) is 10.5. The van der Waals surface area contributed by atoms with Gasteiger partial charge in [0.05, 0.1) is 14.2 Å². The van der Waals surface area contributed by atoms with E-state index in [0.29, 0.717) is 19.4 Å². The number of rotatable bonds is 8. The third-order valence-electron chi connectivity index (χ3n) is 5.21. The Labute approximate surface area is 178 Å². The highest BCUT2D eigenvalue weighted by atomic mass is 16.5. The van der Waals surface area contributed by atoms with Crippen LogP contribution in [0.3, 0.4) is 0 Å². The first-order valence-corrected chi connectivity index (χ1v) is 10.0. The highest BCUT2D eigenvalue weighted by Gasteiger charge is 2.11. The molecule has 0 bridgehead atoms. The molecule has 0 heterocycles. The maximum Gasteiger partial charge on any atom is 0.305 e. The van der Waals surface area contributed by atoms with Gasteiger partial charge in [-0.25, -0.2) is 0 Å². The van der Waals surface area contributed by atoms with Crippen molar-refractivity contribution in [2.24, 2.45) is 0 Å². The van der Waals surface area contributed by atoms with Gasteiger partial charge in [0.15, 0.2) is 0 Å². The van der Waals surface area contributed by atoms with E-state index in [4.69, 9.17) is 9.47 Å². The molecular weight excluding hydrogens is 376 g/mol. The van der Waals surface area contributed by atoms with E-state index in [9.17, 15) is 4.79 Å². The molecule has 0 aliphatic carbocycles. The van der Waals surface area contributed by atoms with Gasteiger partial charge in [-0.2, -0.15) is 0 Å². The van der Waals surface area contributed by atoms with E-state index in [1.807, 2.05) is 30.3 Å². The Kier molecular flexibility index (Phi) is 7.12. The van der Waals surface area contributed by atoms with Gasteiger partial charge in [0.2, 0.25) is 0 Å². The van der Waals surface area contributed by atoms with Crippen molar-refractivity contribution in [2.75, 3.05) is 14.2 Å². The molecule has 3 aromatic carbocycles. The van der Waals surface area contributed by atoms with Crippen molar-refractivity contribution >= 4 is 5.97 Å². The highest BCUT2D eigenvalue weighted by Crippen LogP contribution is 2.31. The molecule has 4 heteroatoms. The van der Waals surface area contributed by atoms with Crippen molar-refractivity contribution in [3.63, 3.8) is 0 Å². The molecule has 3 rings (SSSR count). The summed E-state index contributed by atoms with van der Waals surface area (Å²) in [4.78, 5) is 11.3. The fraction of sp³-hybridized carbons (Fsp3) is 0.269. The standard InChI is InChI=1S/C26H28O4/c1-18-6-5-7-19(2)26(18)21-11-14-24(28-3)22(16-21)17-30-23-12-8-20(9-13-23)10-15-25(27)29-4/h5-9,11-14,16H,10,15,17H2,1-4H3. The van der Waals surface area contributed by atoms with Gasteiger partial charge in [0.1, 0.15) is 18.1 Å². The Bertz CT molecular complexity index is 986. The minimum absolute atomic E-state index is 0.203. The molecular formula is C26H28O4. The summed E-state index contributed by atoms with van der Waals surface area (Å²) in [5.74, 6) is 1.38. The van der Waals surface area contributed by atoms with E-state index in [0.717, 1.165) is 28.2 Å². The summed E-state index contributed by atoms with van der Waals surface area (Å²) in [7, 11) is 3.08. The molecule has 156 valence electrons. The Hall–Kier alpha value is -3.27. The number of hydrogen-bond acceptors (Lipinski definition) is 4. The Morgan fingerprint density at radius 3 is 2.23 bits per heavy atom. The molecule has 0 fully saturated rings. The van der Waals surface area contributed by atoms with Crippen molar-refractivity contribution in [2.45, 2.75) is 33.3 Å². The Morgan fingerprint density at radius 1 is 0.900 bits per heavy atom. The summed E-state index contributed by atoms with van der Waals surface area (Å²) >= 11 is 0.